The number of nitrogens with two attached hydrogens (primary N) is 1. The zero-order valence-electron chi connectivity index (χ0n) is 12.1. The van der Waals surface area contributed by atoms with E-state index in [-0.39, 0.29) is 18.9 Å². The maximum Gasteiger partial charge on any atom is 0.229 e. The first kappa shape index (κ1) is 16.2. The fourth-order valence-electron chi connectivity index (χ4n) is 2.56. The van der Waals surface area contributed by atoms with E-state index in [1.165, 1.54) is 4.90 Å². The average molecular weight is 399 g/mol. The summed E-state index contributed by atoms with van der Waals surface area (Å²) in [6, 6.07) is 9.46. The zero-order chi connectivity index (χ0) is 16.6. The fourth-order valence-corrected chi connectivity index (χ4v) is 3.55. The molecule has 0 radical (unpaired) electrons. The Bertz CT molecular complexity index is 832. The van der Waals surface area contributed by atoms with E-state index in [0.717, 1.165) is 10.0 Å². The Morgan fingerprint density at radius 1 is 1.26 bits per heavy atom. The third-order valence-corrected chi connectivity index (χ3v) is 5.54. The second-order valence-corrected chi connectivity index (χ2v) is 8.15. The molecule has 0 aliphatic carbocycles. The molecule has 0 bridgehead atoms. The van der Waals surface area contributed by atoms with Crippen molar-refractivity contribution >= 4 is 37.7 Å². The lowest BCUT2D eigenvalue weighted by molar-refractivity contribution is -0.117. The number of nitrogens with zero attached hydrogens (tertiary/aromatic N) is 3. The summed E-state index contributed by atoms with van der Waals surface area (Å²) in [5.41, 5.74) is 1.02. The van der Waals surface area contributed by atoms with Gasteiger partial charge >= 0.3 is 0 Å². The van der Waals surface area contributed by atoms with E-state index in [9.17, 15) is 13.2 Å². The number of benzene rings is 1. The van der Waals surface area contributed by atoms with Crippen LogP contribution in [0, 0.1) is 0 Å². The van der Waals surface area contributed by atoms with Crippen LogP contribution in [0.15, 0.2) is 41.0 Å². The molecule has 9 heteroatoms. The monoisotopic (exact) mass is 398 g/mol. The van der Waals surface area contributed by atoms with Crippen molar-refractivity contribution in [1.29, 1.82) is 0 Å². The predicted molar refractivity (Wildman–Crippen MR) is 89.3 cm³/mol. The Morgan fingerprint density at radius 3 is 2.57 bits per heavy atom. The second-order valence-electron chi connectivity index (χ2n) is 5.39. The van der Waals surface area contributed by atoms with Gasteiger partial charge in [0, 0.05) is 23.5 Å². The molecule has 122 valence electrons. The van der Waals surface area contributed by atoms with Crippen LogP contribution >= 0.6 is 15.9 Å². The predicted octanol–water partition coefficient (Wildman–Crippen LogP) is 1.09. The molecule has 1 amide bonds. The lowest BCUT2D eigenvalue weighted by Crippen LogP contribution is -2.33. The van der Waals surface area contributed by atoms with Crippen LogP contribution in [-0.4, -0.2) is 35.9 Å². The number of amides is 1. The van der Waals surface area contributed by atoms with Crippen molar-refractivity contribution in [3.63, 3.8) is 0 Å². The third-order valence-electron chi connectivity index (χ3n) is 3.77. The highest BCUT2D eigenvalue weighted by Crippen LogP contribution is 2.24. The van der Waals surface area contributed by atoms with Crippen molar-refractivity contribution in [2.75, 3.05) is 11.4 Å². The van der Waals surface area contributed by atoms with Crippen LogP contribution in [-0.2, 0) is 21.4 Å². The first-order valence-electron chi connectivity index (χ1n) is 6.93. The quantitative estimate of drug-likeness (QED) is 0.832. The minimum absolute atomic E-state index is 0.0592. The Labute approximate surface area is 142 Å². The van der Waals surface area contributed by atoms with Gasteiger partial charge in [-0.1, -0.05) is 28.1 Å². The lowest BCUT2D eigenvalue weighted by atomic mass is 10.2. The molecule has 2 heterocycles. The SMILES string of the molecule is NS(=O)(=O)C1CC(=O)N(c2ccnn2Cc2ccc(Br)cc2)C1. The average Bonchev–Trinajstić information content (AvgIpc) is 3.07. The second kappa shape index (κ2) is 6.06. The number of hydrogen-bond donors (Lipinski definition) is 1. The van der Waals surface area contributed by atoms with Gasteiger partial charge in [0.25, 0.3) is 0 Å². The largest absolute Gasteiger partial charge is 0.296 e. The first-order valence-corrected chi connectivity index (χ1v) is 9.33. The van der Waals surface area contributed by atoms with Crippen LogP contribution in [0.1, 0.15) is 12.0 Å². The summed E-state index contributed by atoms with van der Waals surface area (Å²) in [5.74, 6) is 0.311. The highest BCUT2D eigenvalue weighted by atomic mass is 79.9. The van der Waals surface area contributed by atoms with Crippen molar-refractivity contribution in [2.24, 2.45) is 5.14 Å². The standard InChI is InChI=1S/C14H15BrN4O3S/c15-11-3-1-10(2-4-11)8-19-13(5-6-17-19)18-9-12(7-14(18)20)23(16,21)22/h1-6,12H,7-9H2,(H2,16,21,22). The highest BCUT2D eigenvalue weighted by molar-refractivity contribution is 9.10. The summed E-state index contributed by atoms with van der Waals surface area (Å²) in [6.07, 6.45) is 1.49. The van der Waals surface area contributed by atoms with E-state index in [4.69, 9.17) is 5.14 Å². The summed E-state index contributed by atoms with van der Waals surface area (Å²) in [4.78, 5) is 13.6. The molecule has 1 aromatic carbocycles. The molecule has 2 aromatic rings. The van der Waals surface area contributed by atoms with E-state index in [0.29, 0.717) is 12.4 Å². The number of hydrogen-bond acceptors (Lipinski definition) is 4. The molecule has 0 saturated carbocycles. The molecule has 1 aromatic heterocycles. The van der Waals surface area contributed by atoms with Crippen molar-refractivity contribution in [3.05, 3.63) is 46.6 Å². The van der Waals surface area contributed by atoms with Gasteiger partial charge in [-0.2, -0.15) is 5.10 Å². The smallest absolute Gasteiger partial charge is 0.229 e. The molecule has 0 spiro atoms. The van der Waals surface area contributed by atoms with Crippen molar-refractivity contribution in [3.8, 4) is 0 Å². The van der Waals surface area contributed by atoms with Gasteiger partial charge in [-0.05, 0) is 17.7 Å². The summed E-state index contributed by atoms with van der Waals surface area (Å²) >= 11 is 3.38. The van der Waals surface area contributed by atoms with Crippen molar-refractivity contribution in [2.45, 2.75) is 18.2 Å². The van der Waals surface area contributed by atoms with Crippen LogP contribution in [0.5, 0.6) is 0 Å². The van der Waals surface area contributed by atoms with Crippen LogP contribution in [0.3, 0.4) is 0 Å². The molecule has 1 saturated heterocycles. The number of halogens is 1. The van der Waals surface area contributed by atoms with Crippen LogP contribution in [0.4, 0.5) is 5.82 Å². The Morgan fingerprint density at radius 2 is 1.96 bits per heavy atom. The van der Waals surface area contributed by atoms with Crippen LogP contribution in [0.25, 0.3) is 0 Å². The van der Waals surface area contributed by atoms with Gasteiger partial charge < -0.3 is 0 Å². The summed E-state index contributed by atoms with van der Waals surface area (Å²) in [7, 11) is -3.73. The molecule has 7 nitrogen and oxygen atoms in total. The number of rotatable bonds is 4. The van der Waals surface area contributed by atoms with Gasteiger partial charge in [-0.3, -0.25) is 9.69 Å². The summed E-state index contributed by atoms with van der Waals surface area (Å²) in [5, 5.41) is 8.52. The summed E-state index contributed by atoms with van der Waals surface area (Å²) < 4.78 is 25.6. The fraction of sp³-hybridized carbons (Fsp3) is 0.286. The van der Waals surface area contributed by atoms with E-state index in [1.54, 1.807) is 16.9 Å². The van der Waals surface area contributed by atoms with Crippen LogP contribution < -0.4 is 10.0 Å². The lowest BCUT2D eigenvalue weighted by Gasteiger charge is -2.18. The van der Waals surface area contributed by atoms with E-state index >= 15 is 0 Å². The molecular formula is C14H15BrN4O3S. The Balaban J connectivity index is 1.84. The molecule has 1 aliphatic heterocycles. The van der Waals surface area contributed by atoms with Gasteiger partial charge in [-0.15, -0.1) is 0 Å². The molecule has 3 rings (SSSR count). The third kappa shape index (κ3) is 3.46. The van der Waals surface area contributed by atoms with Gasteiger partial charge in [0.2, 0.25) is 15.9 Å². The Hall–Kier alpha value is -1.71. The van der Waals surface area contributed by atoms with Gasteiger partial charge in [0.15, 0.2) is 0 Å². The number of aromatic nitrogens is 2. The molecule has 1 unspecified atom stereocenters. The normalized spacial score (nSPS) is 18.6. The van der Waals surface area contributed by atoms with Crippen molar-refractivity contribution in [1.82, 2.24) is 9.78 Å². The van der Waals surface area contributed by atoms with E-state index in [2.05, 4.69) is 21.0 Å². The number of anilines is 1. The summed E-state index contributed by atoms with van der Waals surface area (Å²) in [6.45, 7) is 0.545. The van der Waals surface area contributed by atoms with Crippen molar-refractivity contribution < 1.29 is 13.2 Å². The zero-order valence-corrected chi connectivity index (χ0v) is 14.5. The molecule has 1 aliphatic rings. The number of primary sulfonamides is 1. The number of carbonyl (C=O) groups is 1. The highest BCUT2D eigenvalue weighted by Gasteiger charge is 2.38. The molecular weight excluding hydrogens is 384 g/mol. The topological polar surface area (TPSA) is 98.3 Å². The maximum atomic E-state index is 12.1. The molecule has 2 N–H and O–H groups in total. The Kier molecular flexibility index (Phi) is 4.26. The number of carbonyl (C=O) groups excluding carboxylic acids is 1. The van der Waals surface area contributed by atoms with E-state index < -0.39 is 15.3 Å². The van der Waals surface area contributed by atoms with Gasteiger partial charge in [0.1, 0.15) is 11.1 Å². The maximum absolute atomic E-state index is 12.1. The molecule has 1 fully saturated rings. The van der Waals surface area contributed by atoms with E-state index in [1.807, 2.05) is 24.3 Å². The first-order chi connectivity index (χ1) is 10.8. The minimum Gasteiger partial charge on any atom is -0.296 e. The molecule has 23 heavy (non-hydrogen) atoms. The van der Waals surface area contributed by atoms with Crippen LogP contribution in [0.2, 0.25) is 0 Å². The van der Waals surface area contributed by atoms with Gasteiger partial charge in [0.05, 0.1) is 12.7 Å². The number of sulfonamides is 1. The minimum atomic E-state index is -3.73. The van der Waals surface area contributed by atoms with Gasteiger partial charge in [-0.25, -0.2) is 18.2 Å². The molecule has 1 atom stereocenters.